The summed E-state index contributed by atoms with van der Waals surface area (Å²) in [6.07, 6.45) is -2.56. The number of para-hydroxylation sites is 2. The van der Waals surface area contributed by atoms with Gasteiger partial charge >= 0.3 is 6.18 Å². The Morgan fingerprint density at radius 2 is 2.05 bits per heavy atom. The maximum atomic E-state index is 12.4. The third-order valence-corrected chi connectivity index (χ3v) is 3.35. The molecule has 0 saturated carbocycles. The summed E-state index contributed by atoms with van der Waals surface area (Å²) in [6.45, 7) is 0.325. The van der Waals surface area contributed by atoms with Gasteiger partial charge in [0.15, 0.2) is 11.5 Å². The van der Waals surface area contributed by atoms with Gasteiger partial charge in [-0.2, -0.15) is 13.2 Å². The number of phenols is 1. The minimum Gasteiger partial charge on any atom is -0.504 e. The molecule has 1 aliphatic heterocycles. The van der Waals surface area contributed by atoms with Gasteiger partial charge < -0.3 is 9.84 Å². The number of ether oxygens (including phenoxy) is 1. The molecule has 0 aliphatic carbocycles. The second-order valence-electron chi connectivity index (χ2n) is 5.14. The number of alkyl halides is 3. The summed E-state index contributed by atoms with van der Waals surface area (Å²) < 4.78 is 42.6. The average Bonchev–Trinajstić information content (AvgIpc) is 2.36. The van der Waals surface area contributed by atoms with Crippen LogP contribution in [0.2, 0.25) is 0 Å². The van der Waals surface area contributed by atoms with E-state index in [0.29, 0.717) is 25.4 Å². The van der Waals surface area contributed by atoms with Crippen molar-refractivity contribution in [3.05, 3.63) is 24.3 Å². The molecule has 2 rings (SSSR count). The number of phenolic OH excluding ortho intramolecular Hbond substituents is 1. The highest BCUT2D eigenvalue weighted by atomic mass is 19.4. The van der Waals surface area contributed by atoms with Crippen molar-refractivity contribution >= 4 is 0 Å². The molecule has 1 aromatic carbocycles. The second-order valence-corrected chi connectivity index (χ2v) is 5.14. The Bertz CT molecular complexity index is 437. The standard InChI is InChI=1S/C14H18F3NO2/c15-14(16,17)10-18-7-3-4-11(8-18)9-20-13-6-2-1-5-12(13)19/h1-2,5-6,11,19H,3-4,7-10H2/t11-/m0/s1. The molecule has 1 aliphatic rings. The summed E-state index contributed by atoms with van der Waals surface area (Å²) in [5.41, 5.74) is 0. The van der Waals surface area contributed by atoms with E-state index in [-0.39, 0.29) is 11.7 Å². The SMILES string of the molecule is Oc1ccccc1OC[C@H]1CCCN(CC(F)(F)F)C1. The number of rotatable bonds is 4. The highest BCUT2D eigenvalue weighted by Gasteiger charge is 2.33. The number of hydrogen-bond donors (Lipinski definition) is 1. The quantitative estimate of drug-likeness (QED) is 0.924. The van der Waals surface area contributed by atoms with E-state index in [1.807, 2.05) is 0 Å². The van der Waals surface area contributed by atoms with Crippen LogP contribution in [-0.4, -0.2) is 42.4 Å². The number of likely N-dealkylation sites (tertiary alicyclic amines) is 1. The largest absolute Gasteiger partial charge is 0.504 e. The Morgan fingerprint density at radius 3 is 2.75 bits per heavy atom. The van der Waals surface area contributed by atoms with Gasteiger partial charge in [-0.25, -0.2) is 0 Å². The lowest BCUT2D eigenvalue weighted by Crippen LogP contribution is -2.42. The summed E-state index contributed by atoms with van der Waals surface area (Å²) in [5.74, 6) is 0.488. The maximum Gasteiger partial charge on any atom is 0.401 e. The predicted octanol–water partition coefficient (Wildman–Crippen LogP) is 3.05. The van der Waals surface area contributed by atoms with Gasteiger partial charge in [0.2, 0.25) is 0 Å². The summed E-state index contributed by atoms with van der Waals surface area (Å²) in [6, 6.07) is 6.59. The molecule has 6 heteroatoms. The molecule has 0 spiro atoms. The van der Waals surface area contributed by atoms with Gasteiger partial charge in [0.1, 0.15) is 0 Å². The summed E-state index contributed by atoms with van der Waals surface area (Å²) in [7, 11) is 0. The van der Waals surface area contributed by atoms with Crippen molar-refractivity contribution in [2.45, 2.75) is 19.0 Å². The van der Waals surface area contributed by atoms with Gasteiger partial charge in [-0.1, -0.05) is 12.1 Å². The molecule has 0 aromatic heterocycles. The van der Waals surface area contributed by atoms with Crippen LogP contribution >= 0.6 is 0 Å². The lowest BCUT2D eigenvalue weighted by atomic mass is 9.99. The van der Waals surface area contributed by atoms with E-state index in [4.69, 9.17) is 4.74 Å². The zero-order valence-electron chi connectivity index (χ0n) is 11.1. The monoisotopic (exact) mass is 289 g/mol. The summed E-state index contributed by atoms with van der Waals surface area (Å²) in [5, 5.41) is 9.56. The predicted molar refractivity (Wildman–Crippen MR) is 68.8 cm³/mol. The molecule has 1 N–H and O–H groups in total. The number of nitrogens with zero attached hydrogens (tertiary/aromatic N) is 1. The molecular weight excluding hydrogens is 271 g/mol. The Hall–Kier alpha value is -1.43. The van der Waals surface area contributed by atoms with Crippen LogP contribution in [-0.2, 0) is 0 Å². The first-order valence-electron chi connectivity index (χ1n) is 6.64. The molecule has 1 atom stereocenters. The lowest BCUT2D eigenvalue weighted by molar-refractivity contribution is -0.149. The van der Waals surface area contributed by atoms with Crippen LogP contribution in [0, 0.1) is 5.92 Å². The highest BCUT2D eigenvalue weighted by molar-refractivity contribution is 5.37. The molecule has 0 unspecified atom stereocenters. The number of aromatic hydroxyl groups is 1. The molecule has 0 radical (unpaired) electrons. The second kappa shape index (κ2) is 6.35. The fourth-order valence-electron chi connectivity index (χ4n) is 2.47. The molecule has 0 bridgehead atoms. The van der Waals surface area contributed by atoms with E-state index in [1.54, 1.807) is 18.2 Å². The van der Waals surface area contributed by atoms with Crippen LogP contribution in [0.1, 0.15) is 12.8 Å². The molecule has 1 aromatic rings. The lowest BCUT2D eigenvalue weighted by Gasteiger charge is -2.32. The van der Waals surface area contributed by atoms with Crippen molar-refractivity contribution in [1.29, 1.82) is 0 Å². The van der Waals surface area contributed by atoms with E-state index in [0.717, 1.165) is 12.8 Å². The first-order valence-corrected chi connectivity index (χ1v) is 6.64. The van der Waals surface area contributed by atoms with Gasteiger partial charge in [0, 0.05) is 12.5 Å². The third kappa shape index (κ3) is 4.59. The van der Waals surface area contributed by atoms with Crippen molar-refractivity contribution in [3.8, 4) is 11.5 Å². The Labute approximate surface area is 116 Å². The molecule has 112 valence electrons. The molecule has 1 heterocycles. The van der Waals surface area contributed by atoms with E-state index in [1.165, 1.54) is 11.0 Å². The molecule has 20 heavy (non-hydrogen) atoms. The molecular formula is C14H18F3NO2. The van der Waals surface area contributed by atoms with Crippen LogP contribution in [0.5, 0.6) is 11.5 Å². The first-order chi connectivity index (χ1) is 9.44. The first kappa shape index (κ1) is 15.0. The topological polar surface area (TPSA) is 32.7 Å². The Balaban J connectivity index is 1.83. The van der Waals surface area contributed by atoms with Crippen molar-refractivity contribution < 1.29 is 23.0 Å². The number of piperidine rings is 1. The number of halogens is 3. The van der Waals surface area contributed by atoms with Gasteiger partial charge in [-0.15, -0.1) is 0 Å². The summed E-state index contributed by atoms with van der Waals surface area (Å²) >= 11 is 0. The minimum absolute atomic E-state index is 0.0513. The minimum atomic E-state index is -4.15. The number of benzene rings is 1. The van der Waals surface area contributed by atoms with Crippen LogP contribution in [0.15, 0.2) is 24.3 Å². The smallest absolute Gasteiger partial charge is 0.401 e. The Kier molecular flexibility index (Phi) is 4.75. The van der Waals surface area contributed by atoms with Gasteiger partial charge in [0.05, 0.1) is 13.2 Å². The van der Waals surface area contributed by atoms with Crippen molar-refractivity contribution in [2.75, 3.05) is 26.2 Å². The van der Waals surface area contributed by atoms with Crippen molar-refractivity contribution in [1.82, 2.24) is 4.90 Å². The number of hydrogen-bond acceptors (Lipinski definition) is 3. The van der Waals surface area contributed by atoms with Crippen LogP contribution < -0.4 is 4.74 Å². The molecule has 1 fully saturated rings. The molecule has 1 saturated heterocycles. The Morgan fingerprint density at radius 1 is 1.30 bits per heavy atom. The van der Waals surface area contributed by atoms with Gasteiger partial charge in [0.25, 0.3) is 0 Å². The van der Waals surface area contributed by atoms with Crippen LogP contribution in [0.4, 0.5) is 13.2 Å². The zero-order chi connectivity index (χ0) is 14.6. The average molecular weight is 289 g/mol. The van der Waals surface area contributed by atoms with Crippen LogP contribution in [0.25, 0.3) is 0 Å². The van der Waals surface area contributed by atoms with Gasteiger partial charge in [-0.3, -0.25) is 4.90 Å². The molecule has 0 amide bonds. The van der Waals surface area contributed by atoms with E-state index < -0.39 is 12.7 Å². The van der Waals surface area contributed by atoms with E-state index >= 15 is 0 Å². The van der Waals surface area contributed by atoms with Crippen molar-refractivity contribution in [2.24, 2.45) is 5.92 Å². The third-order valence-electron chi connectivity index (χ3n) is 3.35. The zero-order valence-corrected chi connectivity index (χ0v) is 11.1. The normalized spacial score (nSPS) is 20.9. The van der Waals surface area contributed by atoms with E-state index in [9.17, 15) is 18.3 Å². The highest BCUT2D eigenvalue weighted by Crippen LogP contribution is 2.27. The van der Waals surface area contributed by atoms with E-state index in [2.05, 4.69) is 0 Å². The molecule has 3 nitrogen and oxygen atoms in total. The summed E-state index contributed by atoms with van der Waals surface area (Å²) in [4.78, 5) is 1.42. The van der Waals surface area contributed by atoms with Crippen LogP contribution in [0.3, 0.4) is 0 Å². The fraction of sp³-hybridized carbons (Fsp3) is 0.571. The fourth-order valence-corrected chi connectivity index (χ4v) is 2.47. The maximum absolute atomic E-state index is 12.4. The van der Waals surface area contributed by atoms with Crippen molar-refractivity contribution in [3.63, 3.8) is 0 Å². The van der Waals surface area contributed by atoms with Gasteiger partial charge in [-0.05, 0) is 31.5 Å².